The lowest BCUT2D eigenvalue weighted by atomic mass is 10.1. The highest BCUT2D eigenvalue weighted by atomic mass is 35.5. The third-order valence-electron chi connectivity index (χ3n) is 3.27. The summed E-state index contributed by atoms with van der Waals surface area (Å²) in [5, 5.41) is 1.12. The lowest BCUT2D eigenvalue weighted by Crippen LogP contribution is -2.23. The van der Waals surface area contributed by atoms with Crippen LogP contribution in [0.3, 0.4) is 0 Å². The first-order valence-electron chi connectivity index (χ1n) is 6.52. The van der Waals surface area contributed by atoms with Gasteiger partial charge in [0.2, 0.25) is 0 Å². The summed E-state index contributed by atoms with van der Waals surface area (Å²) < 4.78 is 5.06. The van der Waals surface area contributed by atoms with Gasteiger partial charge < -0.3 is 9.64 Å². The van der Waals surface area contributed by atoms with Gasteiger partial charge in [-0.1, -0.05) is 35.3 Å². The summed E-state index contributed by atoms with van der Waals surface area (Å²) >= 11 is 12.1. The number of anilines is 1. The molecule has 1 unspecified atom stereocenters. The molecule has 4 nitrogen and oxygen atoms in total. The van der Waals surface area contributed by atoms with Crippen molar-refractivity contribution in [3.63, 3.8) is 0 Å². The first-order chi connectivity index (χ1) is 10.0. The Kier molecular flexibility index (Phi) is 5.39. The Balaban J connectivity index is 2.28. The van der Waals surface area contributed by atoms with E-state index in [1.54, 1.807) is 13.2 Å². The normalized spacial score (nSPS) is 12.2. The second-order valence-corrected chi connectivity index (χ2v) is 5.56. The zero-order valence-electron chi connectivity index (χ0n) is 12.2. The molecule has 0 radical (unpaired) electrons. The molecule has 0 aliphatic carbocycles. The standard InChI is InChI=1S/C15H17Cl2N3O/c1-10(11-5-4-6-12(16)7-11)20(2)15-8-13(17)18-14(19-15)9-21-3/h4-8,10H,9H2,1-3H3. The molecule has 0 aliphatic rings. The van der Waals surface area contributed by atoms with Gasteiger partial charge in [0.15, 0.2) is 5.82 Å². The minimum absolute atomic E-state index is 0.102. The van der Waals surface area contributed by atoms with E-state index in [-0.39, 0.29) is 6.04 Å². The zero-order chi connectivity index (χ0) is 15.4. The van der Waals surface area contributed by atoms with Crippen molar-refractivity contribution >= 4 is 29.0 Å². The van der Waals surface area contributed by atoms with E-state index in [2.05, 4.69) is 16.9 Å². The van der Waals surface area contributed by atoms with Crippen LogP contribution in [0.4, 0.5) is 5.82 Å². The van der Waals surface area contributed by atoms with Crippen molar-refractivity contribution in [2.75, 3.05) is 19.1 Å². The third-order valence-corrected chi connectivity index (χ3v) is 3.70. The molecule has 112 valence electrons. The molecule has 1 aromatic heterocycles. The fourth-order valence-electron chi connectivity index (χ4n) is 2.01. The summed E-state index contributed by atoms with van der Waals surface area (Å²) in [5.74, 6) is 1.31. The number of ether oxygens (including phenoxy) is 1. The average Bonchev–Trinajstić information content (AvgIpc) is 2.45. The van der Waals surface area contributed by atoms with Gasteiger partial charge in [0, 0.05) is 25.2 Å². The van der Waals surface area contributed by atoms with Gasteiger partial charge in [-0.05, 0) is 24.6 Å². The van der Waals surface area contributed by atoms with Crippen LogP contribution in [0.25, 0.3) is 0 Å². The van der Waals surface area contributed by atoms with Crippen LogP contribution in [0.15, 0.2) is 30.3 Å². The van der Waals surface area contributed by atoms with Gasteiger partial charge in [0.05, 0.1) is 6.04 Å². The Morgan fingerprint density at radius 3 is 2.67 bits per heavy atom. The lowest BCUT2D eigenvalue weighted by molar-refractivity contribution is 0.178. The van der Waals surface area contributed by atoms with Crippen molar-refractivity contribution in [3.05, 3.63) is 51.9 Å². The van der Waals surface area contributed by atoms with E-state index < -0.39 is 0 Å². The van der Waals surface area contributed by atoms with E-state index in [4.69, 9.17) is 27.9 Å². The second kappa shape index (κ2) is 7.07. The molecule has 0 amide bonds. The Morgan fingerprint density at radius 2 is 2.00 bits per heavy atom. The molecule has 1 atom stereocenters. The van der Waals surface area contributed by atoms with E-state index in [9.17, 15) is 0 Å². The average molecular weight is 326 g/mol. The summed E-state index contributed by atoms with van der Waals surface area (Å²) in [6, 6.07) is 9.61. The molecule has 0 fully saturated rings. The highest BCUT2D eigenvalue weighted by molar-refractivity contribution is 6.30. The van der Waals surface area contributed by atoms with Crippen molar-refractivity contribution in [1.29, 1.82) is 0 Å². The number of aromatic nitrogens is 2. The number of benzene rings is 1. The first kappa shape index (κ1) is 16.0. The number of hydrogen-bond acceptors (Lipinski definition) is 4. The molecule has 0 aliphatic heterocycles. The van der Waals surface area contributed by atoms with Gasteiger partial charge in [-0.15, -0.1) is 0 Å². The van der Waals surface area contributed by atoms with E-state index >= 15 is 0 Å². The van der Waals surface area contributed by atoms with Crippen LogP contribution in [-0.4, -0.2) is 24.1 Å². The predicted octanol–water partition coefficient (Wildman–Crippen LogP) is 4.13. The quantitative estimate of drug-likeness (QED) is 0.775. The van der Waals surface area contributed by atoms with Crippen molar-refractivity contribution in [1.82, 2.24) is 9.97 Å². The predicted molar refractivity (Wildman–Crippen MR) is 86.0 cm³/mol. The van der Waals surface area contributed by atoms with Gasteiger partial charge in [-0.25, -0.2) is 9.97 Å². The Morgan fingerprint density at radius 1 is 1.24 bits per heavy atom. The maximum absolute atomic E-state index is 6.05. The van der Waals surface area contributed by atoms with Crippen LogP contribution in [-0.2, 0) is 11.3 Å². The van der Waals surface area contributed by atoms with Crippen molar-refractivity contribution in [2.24, 2.45) is 0 Å². The molecule has 1 aromatic carbocycles. The molecular formula is C15H17Cl2N3O. The molecule has 2 aromatic rings. The highest BCUT2D eigenvalue weighted by Crippen LogP contribution is 2.26. The Labute approximate surface area is 134 Å². The smallest absolute Gasteiger partial charge is 0.158 e. The van der Waals surface area contributed by atoms with E-state index in [1.807, 2.05) is 36.2 Å². The fraction of sp³-hybridized carbons (Fsp3) is 0.333. The van der Waals surface area contributed by atoms with Crippen LogP contribution < -0.4 is 4.90 Å². The second-order valence-electron chi connectivity index (χ2n) is 4.74. The molecule has 0 saturated carbocycles. The zero-order valence-corrected chi connectivity index (χ0v) is 13.7. The molecule has 2 rings (SSSR count). The molecule has 0 bridgehead atoms. The molecule has 1 heterocycles. The Hall–Kier alpha value is -1.36. The molecule has 21 heavy (non-hydrogen) atoms. The van der Waals surface area contributed by atoms with Crippen molar-refractivity contribution in [2.45, 2.75) is 19.6 Å². The van der Waals surface area contributed by atoms with Gasteiger partial charge in [-0.3, -0.25) is 0 Å². The molecule has 0 saturated heterocycles. The van der Waals surface area contributed by atoms with Crippen LogP contribution in [0.1, 0.15) is 24.4 Å². The van der Waals surface area contributed by atoms with Gasteiger partial charge in [0.25, 0.3) is 0 Å². The summed E-state index contributed by atoms with van der Waals surface area (Å²) in [5.41, 5.74) is 1.10. The monoisotopic (exact) mass is 325 g/mol. The topological polar surface area (TPSA) is 38.2 Å². The minimum Gasteiger partial charge on any atom is -0.377 e. The van der Waals surface area contributed by atoms with E-state index in [0.717, 1.165) is 11.4 Å². The molecule has 6 heteroatoms. The van der Waals surface area contributed by atoms with Crippen LogP contribution >= 0.6 is 23.2 Å². The number of rotatable bonds is 5. The number of hydrogen-bond donors (Lipinski definition) is 0. The van der Waals surface area contributed by atoms with Gasteiger partial charge in [0.1, 0.15) is 17.6 Å². The number of nitrogens with zero attached hydrogens (tertiary/aromatic N) is 3. The van der Waals surface area contributed by atoms with Gasteiger partial charge in [-0.2, -0.15) is 0 Å². The molecule has 0 N–H and O–H groups in total. The van der Waals surface area contributed by atoms with Crippen molar-refractivity contribution in [3.8, 4) is 0 Å². The largest absolute Gasteiger partial charge is 0.377 e. The first-order valence-corrected chi connectivity index (χ1v) is 7.27. The molecular weight excluding hydrogens is 309 g/mol. The SMILES string of the molecule is COCc1nc(Cl)cc(N(C)C(C)c2cccc(Cl)c2)n1. The minimum atomic E-state index is 0.102. The van der Waals surface area contributed by atoms with E-state index in [1.165, 1.54) is 0 Å². The fourth-order valence-corrected chi connectivity index (χ4v) is 2.41. The van der Waals surface area contributed by atoms with Gasteiger partial charge >= 0.3 is 0 Å². The summed E-state index contributed by atoms with van der Waals surface area (Å²) in [7, 11) is 3.56. The number of methoxy groups -OCH3 is 1. The summed E-state index contributed by atoms with van der Waals surface area (Å²) in [6.45, 7) is 2.41. The molecule has 0 spiro atoms. The summed E-state index contributed by atoms with van der Waals surface area (Å²) in [4.78, 5) is 10.6. The maximum Gasteiger partial charge on any atom is 0.158 e. The Bertz CT molecular complexity index is 622. The summed E-state index contributed by atoms with van der Waals surface area (Å²) in [6.07, 6.45) is 0. The third kappa shape index (κ3) is 4.06. The lowest BCUT2D eigenvalue weighted by Gasteiger charge is -2.26. The van der Waals surface area contributed by atoms with Crippen LogP contribution in [0, 0.1) is 0 Å². The van der Waals surface area contributed by atoms with Crippen LogP contribution in [0.2, 0.25) is 10.2 Å². The van der Waals surface area contributed by atoms with Crippen molar-refractivity contribution < 1.29 is 4.74 Å². The van der Waals surface area contributed by atoms with E-state index in [0.29, 0.717) is 22.6 Å². The maximum atomic E-state index is 6.05. The van der Waals surface area contributed by atoms with Crippen LogP contribution in [0.5, 0.6) is 0 Å². The number of halogens is 2. The highest BCUT2D eigenvalue weighted by Gasteiger charge is 2.15.